The van der Waals surface area contributed by atoms with Crippen LogP contribution in [0.25, 0.3) is 0 Å². The largest absolute Gasteiger partial charge is 0.289 e. The van der Waals surface area contributed by atoms with Gasteiger partial charge in [0.25, 0.3) is 0 Å². The molecule has 0 radical (unpaired) electrons. The number of ketones is 1. The zero-order valence-corrected chi connectivity index (χ0v) is 12.5. The summed E-state index contributed by atoms with van der Waals surface area (Å²) in [4.78, 5) is 12.4. The van der Waals surface area contributed by atoms with Crippen molar-refractivity contribution < 1.29 is 4.79 Å². The third-order valence-electron chi connectivity index (χ3n) is 2.80. The number of carbonyl (C=O) groups excluding carboxylic acids is 1. The number of hydrogen-bond donors (Lipinski definition) is 1. The average Bonchev–Trinajstić information content (AvgIpc) is 2.38. The summed E-state index contributed by atoms with van der Waals surface area (Å²) >= 11 is 7.68. The van der Waals surface area contributed by atoms with Gasteiger partial charge in [0.15, 0.2) is 5.78 Å². The van der Waals surface area contributed by atoms with Crippen LogP contribution in [0, 0.1) is 6.92 Å². The molecule has 2 aromatic rings. The molecule has 18 heavy (non-hydrogen) atoms. The Balaban J connectivity index is 2.42. The van der Waals surface area contributed by atoms with E-state index in [1.54, 1.807) is 0 Å². The van der Waals surface area contributed by atoms with Gasteiger partial charge in [-0.25, -0.2) is 0 Å². The van der Waals surface area contributed by atoms with Gasteiger partial charge in [-0.3, -0.25) is 4.79 Å². The smallest absolute Gasteiger partial charge is 0.193 e. The highest BCUT2D eigenvalue weighted by molar-refractivity contribution is 9.10. The monoisotopic (exact) mass is 320 g/mol. The molecule has 0 aromatic heterocycles. The molecule has 0 atom stereocenters. The van der Waals surface area contributed by atoms with Crippen LogP contribution in [0.2, 0.25) is 0 Å². The van der Waals surface area contributed by atoms with Gasteiger partial charge in [-0.15, -0.1) is 0 Å². The average molecular weight is 321 g/mol. The summed E-state index contributed by atoms with van der Waals surface area (Å²) in [5.74, 6) is 0.596. The summed E-state index contributed by atoms with van der Waals surface area (Å²) in [6.45, 7) is 2.01. The molecular weight excluding hydrogens is 308 g/mol. The number of rotatable bonds is 3. The van der Waals surface area contributed by atoms with Gasteiger partial charge in [-0.05, 0) is 30.7 Å². The normalized spacial score (nSPS) is 10.4. The predicted molar refractivity (Wildman–Crippen MR) is 81.4 cm³/mol. The molecular formula is C15H13BrOS. The number of hydrogen-bond acceptors (Lipinski definition) is 2. The van der Waals surface area contributed by atoms with Crippen LogP contribution in [-0.2, 0) is 5.75 Å². The maximum Gasteiger partial charge on any atom is 0.193 e. The summed E-state index contributed by atoms with van der Waals surface area (Å²) < 4.78 is 0.965. The first-order valence-corrected chi connectivity index (χ1v) is 7.05. The predicted octanol–water partition coefficient (Wildman–Crippen LogP) is 4.42. The third kappa shape index (κ3) is 2.85. The first-order chi connectivity index (χ1) is 8.61. The molecule has 0 amide bonds. The van der Waals surface area contributed by atoms with E-state index in [1.165, 1.54) is 0 Å². The van der Waals surface area contributed by atoms with Crippen LogP contribution >= 0.6 is 28.6 Å². The molecule has 0 saturated carbocycles. The lowest BCUT2D eigenvalue weighted by Gasteiger charge is -2.07. The lowest BCUT2D eigenvalue weighted by Crippen LogP contribution is -2.04. The summed E-state index contributed by atoms with van der Waals surface area (Å²) in [6, 6.07) is 13.3. The first kappa shape index (κ1) is 13.4. The number of carbonyl (C=O) groups is 1. The van der Waals surface area contributed by atoms with E-state index in [0.717, 1.165) is 21.2 Å². The number of aryl methyl sites for hydroxylation is 1. The maximum absolute atomic E-state index is 12.4. The number of benzene rings is 2. The topological polar surface area (TPSA) is 17.1 Å². The van der Waals surface area contributed by atoms with Gasteiger partial charge in [0.05, 0.1) is 0 Å². The zero-order chi connectivity index (χ0) is 13.1. The van der Waals surface area contributed by atoms with Gasteiger partial charge in [-0.2, -0.15) is 12.6 Å². The fourth-order valence-corrected chi connectivity index (χ4v) is 2.45. The van der Waals surface area contributed by atoms with Crippen molar-refractivity contribution in [3.8, 4) is 0 Å². The van der Waals surface area contributed by atoms with Crippen molar-refractivity contribution in [1.82, 2.24) is 0 Å². The van der Waals surface area contributed by atoms with E-state index in [1.807, 2.05) is 49.4 Å². The Morgan fingerprint density at radius 2 is 1.83 bits per heavy atom. The second-order valence-corrected chi connectivity index (χ2v) is 5.39. The molecule has 0 saturated heterocycles. The highest BCUT2D eigenvalue weighted by atomic mass is 79.9. The van der Waals surface area contributed by atoms with Crippen molar-refractivity contribution in [1.29, 1.82) is 0 Å². The van der Waals surface area contributed by atoms with Crippen molar-refractivity contribution in [2.75, 3.05) is 0 Å². The fraction of sp³-hybridized carbons (Fsp3) is 0.133. The Kier molecular flexibility index (Phi) is 4.25. The minimum absolute atomic E-state index is 0.0477. The van der Waals surface area contributed by atoms with Crippen LogP contribution in [0.15, 0.2) is 46.9 Å². The van der Waals surface area contributed by atoms with Crippen LogP contribution in [0.4, 0.5) is 0 Å². The van der Waals surface area contributed by atoms with E-state index in [9.17, 15) is 4.79 Å². The second kappa shape index (κ2) is 5.72. The van der Waals surface area contributed by atoms with E-state index in [2.05, 4.69) is 28.6 Å². The molecule has 3 heteroatoms. The van der Waals surface area contributed by atoms with Gasteiger partial charge in [0, 0.05) is 21.4 Å². The lowest BCUT2D eigenvalue weighted by molar-refractivity contribution is 0.103. The molecule has 0 heterocycles. The Bertz CT molecular complexity index is 576. The van der Waals surface area contributed by atoms with Crippen LogP contribution in [0.3, 0.4) is 0 Å². The van der Waals surface area contributed by atoms with E-state index in [0.29, 0.717) is 11.3 Å². The van der Waals surface area contributed by atoms with E-state index in [4.69, 9.17) is 0 Å². The van der Waals surface area contributed by atoms with Crippen LogP contribution in [-0.4, -0.2) is 5.78 Å². The molecule has 0 spiro atoms. The lowest BCUT2D eigenvalue weighted by atomic mass is 9.98. The highest BCUT2D eigenvalue weighted by Gasteiger charge is 2.12. The Morgan fingerprint density at radius 1 is 1.17 bits per heavy atom. The van der Waals surface area contributed by atoms with Crippen LogP contribution < -0.4 is 0 Å². The molecule has 2 rings (SSSR count). The minimum Gasteiger partial charge on any atom is -0.289 e. The minimum atomic E-state index is 0.0477. The second-order valence-electron chi connectivity index (χ2n) is 4.15. The molecule has 0 aliphatic rings. The molecule has 92 valence electrons. The Morgan fingerprint density at radius 3 is 2.44 bits per heavy atom. The third-order valence-corrected chi connectivity index (χ3v) is 3.63. The van der Waals surface area contributed by atoms with Gasteiger partial charge in [0.1, 0.15) is 0 Å². The van der Waals surface area contributed by atoms with Crippen LogP contribution in [0.1, 0.15) is 27.0 Å². The molecule has 0 aliphatic carbocycles. The standard InChI is InChI=1S/C15H13BrOS/c1-10-2-4-11(5-3-10)15(17)14-7-6-13(16)8-12(14)9-18/h2-8,18H,9H2,1H3. The van der Waals surface area contributed by atoms with Crippen LogP contribution in [0.5, 0.6) is 0 Å². The van der Waals surface area contributed by atoms with Crippen molar-refractivity contribution in [2.45, 2.75) is 12.7 Å². The van der Waals surface area contributed by atoms with Crippen molar-refractivity contribution in [3.63, 3.8) is 0 Å². The highest BCUT2D eigenvalue weighted by Crippen LogP contribution is 2.21. The molecule has 0 unspecified atom stereocenters. The van der Waals surface area contributed by atoms with E-state index in [-0.39, 0.29) is 5.78 Å². The molecule has 0 aliphatic heterocycles. The van der Waals surface area contributed by atoms with Crippen molar-refractivity contribution in [3.05, 3.63) is 69.2 Å². The summed E-state index contributed by atoms with van der Waals surface area (Å²) in [5, 5.41) is 0. The van der Waals surface area contributed by atoms with Gasteiger partial charge < -0.3 is 0 Å². The SMILES string of the molecule is Cc1ccc(C(=O)c2ccc(Br)cc2CS)cc1. The van der Waals surface area contributed by atoms with Crippen molar-refractivity contribution >= 4 is 34.3 Å². The molecule has 2 aromatic carbocycles. The summed E-state index contributed by atoms with van der Waals surface area (Å²) in [6.07, 6.45) is 0. The maximum atomic E-state index is 12.4. The van der Waals surface area contributed by atoms with Crippen molar-refractivity contribution in [2.24, 2.45) is 0 Å². The van der Waals surface area contributed by atoms with Gasteiger partial charge in [-0.1, -0.05) is 45.8 Å². The fourth-order valence-electron chi connectivity index (χ4n) is 1.78. The Hall–Kier alpha value is -1.06. The first-order valence-electron chi connectivity index (χ1n) is 5.62. The number of halogens is 1. The quantitative estimate of drug-likeness (QED) is 0.654. The summed E-state index contributed by atoms with van der Waals surface area (Å²) in [5.41, 5.74) is 3.53. The molecule has 1 nitrogen and oxygen atoms in total. The number of thiol groups is 1. The van der Waals surface area contributed by atoms with E-state index < -0.39 is 0 Å². The molecule has 0 bridgehead atoms. The van der Waals surface area contributed by atoms with Gasteiger partial charge >= 0.3 is 0 Å². The summed E-state index contributed by atoms with van der Waals surface area (Å²) in [7, 11) is 0. The van der Waals surface area contributed by atoms with E-state index >= 15 is 0 Å². The molecule has 0 fully saturated rings. The Labute approximate surface area is 121 Å². The molecule has 0 N–H and O–H groups in total. The van der Waals surface area contributed by atoms with Gasteiger partial charge in [0.2, 0.25) is 0 Å². The zero-order valence-electron chi connectivity index (χ0n) is 9.98.